The van der Waals surface area contributed by atoms with Gasteiger partial charge in [0.2, 0.25) is 0 Å². The number of nitrogens with zero attached hydrogens (tertiary/aromatic N) is 1. The number of carbonyl (C=O) groups is 1. The molecule has 3 heteroatoms. The highest BCUT2D eigenvalue weighted by Gasteiger charge is 2.31. The summed E-state index contributed by atoms with van der Waals surface area (Å²) in [5, 5.41) is 18.0. The molecule has 1 rings (SSSR count). The Labute approximate surface area is 89.7 Å². The predicted octanol–water partition coefficient (Wildman–Crippen LogP) is 2.37. The zero-order valence-corrected chi connectivity index (χ0v) is 8.97. The van der Waals surface area contributed by atoms with Gasteiger partial charge in [-0.25, -0.2) is 0 Å². The van der Waals surface area contributed by atoms with Crippen LogP contribution in [0.4, 0.5) is 0 Å². The molecule has 0 aliphatic heterocycles. The maximum absolute atomic E-state index is 10.9. The Bertz CT molecular complexity index is 347. The van der Waals surface area contributed by atoms with Crippen molar-refractivity contribution < 1.29 is 9.90 Å². The van der Waals surface area contributed by atoms with Gasteiger partial charge in [-0.05, 0) is 26.2 Å². The summed E-state index contributed by atoms with van der Waals surface area (Å²) < 4.78 is 0. The number of hydrogen-bond donors (Lipinski definition) is 1. The molecule has 0 aromatic carbocycles. The summed E-state index contributed by atoms with van der Waals surface area (Å²) >= 11 is 0. The van der Waals surface area contributed by atoms with Crippen molar-refractivity contribution in [3.8, 4) is 6.07 Å². The number of allylic oxidation sites excluding steroid dienone is 3. The van der Waals surface area contributed by atoms with Crippen LogP contribution in [0.1, 0.15) is 20.3 Å². The normalized spacial score (nSPS) is 25.7. The minimum absolute atomic E-state index is 0.0152. The van der Waals surface area contributed by atoms with E-state index in [0.29, 0.717) is 6.42 Å². The van der Waals surface area contributed by atoms with Crippen molar-refractivity contribution in [2.45, 2.75) is 20.3 Å². The van der Waals surface area contributed by atoms with Gasteiger partial charge in [0.1, 0.15) is 0 Å². The van der Waals surface area contributed by atoms with Gasteiger partial charge >= 0.3 is 5.97 Å². The van der Waals surface area contributed by atoms with Crippen LogP contribution in [0.3, 0.4) is 0 Å². The lowest BCUT2D eigenvalue weighted by Gasteiger charge is -2.26. The van der Waals surface area contributed by atoms with Crippen molar-refractivity contribution in [3.05, 3.63) is 24.3 Å². The molecule has 0 aromatic heterocycles. The summed E-state index contributed by atoms with van der Waals surface area (Å²) in [4.78, 5) is 10.9. The molecule has 0 amide bonds. The first-order valence-corrected chi connectivity index (χ1v) is 4.96. The molecule has 0 saturated carbocycles. The van der Waals surface area contributed by atoms with Gasteiger partial charge in [-0.3, -0.25) is 4.79 Å². The van der Waals surface area contributed by atoms with E-state index in [4.69, 9.17) is 10.4 Å². The Morgan fingerprint density at radius 3 is 2.60 bits per heavy atom. The van der Waals surface area contributed by atoms with Crippen molar-refractivity contribution in [1.29, 1.82) is 5.26 Å². The lowest BCUT2D eigenvalue weighted by atomic mass is 9.76. The van der Waals surface area contributed by atoms with Gasteiger partial charge < -0.3 is 5.11 Å². The zero-order chi connectivity index (χ0) is 11.5. The molecule has 2 unspecified atom stereocenters. The monoisotopic (exact) mass is 205 g/mol. The highest BCUT2D eigenvalue weighted by Crippen LogP contribution is 2.34. The SMILES string of the molecule is CC(C)(C#N)C1C=CC=CC(C(=O)O)C1. The fraction of sp³-hybridized carbons (Fsp3) is 0.500. The van der Waals surface area contributed by atoms with E-state index >= 15 is 0 Å². The molecule has 1 N–H and O–H groups in total. The van der Waals surface area contributed by atoms with Gasteiger partial charge in [0.25, 0.3) is 0 Å². The third kappa shape index (κ3) is 2.69. The second-order valence-corrected chi connectivity index (χ2v) is 4.39. The molecule has 0 heterocycles. The fourth-order valence-electron chi connectivity index (χ4n) is 1.63. The molecule has 3 nitrogen and oxygen atoms in total. The van der Waals surface area contributed by atoms with Crippen molar-refractivity contribution in [1.82, 2.24) is 0 Å². The maximum Gasteiger partial charge on any atom is 0.310 e. The first kappa shape index (κ1) is 11.5. The van der Waals surface area contributed by atoms with Crippen LogP contribution in [-0.4, -0.2) is 11.1 Å². The summed E-state index contributed by atoms with van der Waals surface area (Å²) in [6.07, 6.45) is 7.65. The predicted molar refractivity (Wildman–Crippen MR) is 56.9 cm³/mol. The van der Waals surface area contributed by atoms with Gasteiger partial charge in [-0.15, -0.1) is 0 Å². The van der Waals surface area contributed by atoms with Gasteiger partial charge in [0.05, 0.1) is 17.4 Å². The van der Waals surface area contributed by atoms with Crippen molar-refractivity contribution in [2.75, 3.05) is 0 Å². The standard InChI is InChI=1S/C12H15NO2/c1-12(2,8-13)10-6-4-3-5-9(7-10)11(14)15/h3-6,9-10H,7H2,1-2H3,(H,14,15). The van der Waals surface area contributed by atoms with Crippen LogP contribution in [0.5, 0.6) is 0 Å². The highest BCUT2D eigenvalue weighted by molar-refractivity contribution is 5.72. The molecule has 2 atom stereocenters. The Hall–Kier alpha value is -1.56. The number of nitriles is 1. The largest absolute Gasteiger partial charge is 0.481 e. The first-order chi connectivity index (χ1) is 6.97. The first-order valence-electron chi connectivity index (χ1n) is 4.96. The second-order valence-electron chi connectivity index (χ2n) is 4.39. The number of carboxylic acid groups (broad SMARTS) is 1. The molecule has 80 valence electrons. The molecule has 1 aliphatic rings. The van der Waals surface area contributed by atoms with E-state index in [1.54, 1.807) is 12.2 Å². The highest BCUT2D eigenvalue weighted by atomic mass is 16.4. The van der Waals surface area contributed by atoms with E-state index in [0.717, 1.165) is 0 Å². The molecular weight excluding hydrogens is 190 g/mol. The van der Waals surface area contributed by atoms with E-state index in [2.05, 4.69) is 6.07 Å². The third-order valence-corrected chi connectivity index (χ3v) is 2.84. The third-order valence-electron chi connectivity index (χ3n) is 2.84. The average molecular weight is 205 g/mol. The van der Waals surface area contributed by atoms with E-state index < -0.39 is 17.3 Å². The van der Waals surface area contributed by atoms with E-state index in [1.807, 2.05) is 26.0 Å². The molecule has 0 spiro atoms. The summed E-state index contributed by atoms with van der Waals surface area (Å²) in [7, 11) is 0. The maximum atomic E-state index is 10.9. The molecule has 0 radical (unpaired) electrons. The molecular formula is C12H15NO2. The molecule has 0 fully saturated rings. The topological polar surface area (TPSA) is 61.1 Å². The van der Waals surface area contributed by atoms with Gasteiger partial charge in [0.15, 0.2) is 0 Å². The molecule has 0 saturated heterocycles. The lowest BCUT2D eigenvalue weighted by Crippen LogP contribution is -2.24. The second kappa shape index (κ2) is 4.31. The van der Waals surface area contributed by atoms with Crippen LogP contribution < -0.4 is 0 Å². The van der Waals surface area contributed by atoms with Gasteiger partial charge in [-0.1, -0.05) is 24.3 Å². The Morgan fingerprint density at radius 2 is 2.07 bits per heavy atom. The minimum atomic E-state index is -0.825. The molecule has 15 heavy (non-hydrogen) atoms. The zero-order valence-electron chi connectivity index (χ0n) is 8.97. The Balaban J connectivity index is 2.87. The Morgan fingerprint density at radius 1 is 1.47 bits per heavy atom. The number of aliphatic carboxylic acids is 1. The quantitative estimate of drug-likeness (QED) is 0.752. The smallest absolute Gasteiger partial charge is 0.310 e. The summed E-state index contributed by atoms with van der Waals surface area (Å²) in [6.45, 7) is 3.68. The fourth-order valence-corrected chi connectivity index (χ4v) is 1.63. The van der Waals surface area contributed by atoms with Crippen molar-refractivity contribution in [2.24, 2.45) is 17.3 Å². The van der Waals surface area contributed by atoms with Crippen LogP contribution in [0.2, 0.25) is 0 Å². The van der Waals surface area contributed by atoms with E-state index in [9.17, 15) is 4.79 Å². The molecule has 0 aromatic rings. The average Bonchev–Trinajstić information content (AvgIpc) is 2.43. The van der Waals surface area contributed by atoms with Crippen molar-refractivity contribution in [3.63, 3.8) is 0 Å². The molecule has 1 aliphatic carbocycles. The van der Waals surface area contributed by atoms with Crippen LogP contribution in [0, 0.1) is 28.6 Å². The lowest BCUT2D eigenvalue weighted by molar-refractivity contribution is -0.140. The van der Waals surface area contributed by atoms with Crippen LogP contribution in [0.15, 0.2) is 24.3 Å². The number of hydrogen-bond acceptors (Lipinski definition) is 2. The number of carboxylic acids is 1. The van der Waals surface area contributed by atoms with Gasteiger partial charge in [-0.2, -0.15) is 5.26 Å². The number of rotatable bonds is 2. The summed E-state index contributed by atoms with van der Waals surface area (Å²) in [5.74, 6) is -1.33. The van der Waals surface area contributed by atoms with Crippen molar-refractivity contribution >= 4 is 5.97 Å². The van der Waals surface area contributed by atoms with E-state index in [-0.39, 0.29) is 5.92 Å². The van der Waals surface area contributed by atoms with Crippen LogP contribution in [-0.2, 0) is 4.79 Å². The Kier molecular flexibility index (Phi) is 3.31. The van der Waals surface area contributed by atoms with E-state index in [1.165, 1.54) is 0 Å². The van der Waals surface area contributed by atoms with Crippen LogP contribution >= 0.6 is 0 Å². The summed E-state index contributed by atoms with van der Waals surface area (Å²) in [5.41, 5.74) is -0.518. The van der Waals surface area contributed by atoms with Gasteiger partial charge in [0, 0.05) is 0 Å². The summed E-state index contributed by atoms with van der Waals surface area (Å²) in [6, 6.07) is 2.23. The minimum Gasteiger partial charge on any atom is -0.481 e. The molecule has 0 bridgehead atoms. The van der Waals surface area contributed by atoms with Crippen LogP contribution in [0.25, 0.3) is 0 Å².